The number of halogens is 3. The maximum absolute atomic E-state index is 13.6. The molecule has 94 valence electrons. The van der Waals surface area contributed by atoms with E-state index in [-0.39, 0.29) is 5.56 Å². The molecule has 2 rings (SSSR count). The summed E-state index contributed by atoms with van der Waals surface area (Å²) in [5, 5.41) is 0. The van der Waals surface area contributed by atoms with Crippen LogP contribution in [0.15, 0.2) is 42.5 Å². The Morgan fingerprint density at radius 2 is 1.50 bits per heavy atom. The molecule has 0 unspecified atom stereocenters. The van der Waals surface area contributed by atoms with Crippen LogP contribution in [0.25, 0.3) is 0 Å². The van der Waals surface area contributed by atoms with E-state index < -0.39 is 24.4 Å². The smallest absolute Gasteiger partial charge is 0.131 e. The van der Waals surface area contributed by atoms with Crippen molar-refractivity contribution < 1.29 is 13.2 Å². The van der Waals surface area contributed by atoms with Gasteiger partial charge in [0.15, 0.2) is 0 Å². The van der Waals surface area contributed by atoms with Gasteiger partial charge in [-0.25, -0.2) is 13.2 Å². The molecule has 4 heteroatoms. The summed E-state index contributed by atoms with van der Waals surface area (Å²) in [4.78, 5) is 0. The third-order valence-electron chi connectivity index (χ3n) is 2.80. The van der Waals surface area contributed by atoms with Gasteiger partial charge < -0.3 is 5.73 Å². The van der Waals surface area contributed by atoms with E-state index >= 15 is 0 Å². The molecular formula is C14H12F3N. The van der Waals surface area contributed by atoms with Crippen molar-refractivity contribution in [2.45, 2.75) is 12.7 Å². The van der Waals surface area contributed by atoms with Crippen molar-refractivity contribution in [2.75, 3.05) is 0 Å². The zero-order valence-electron chi connectivity index (χ0n) is 9.54. The molecule has 18 heavy (non-hydrogen) atoms. The Morgan fingerprint density at radius 1 is 0.944 bits per heavy atom. The second-order valence-electron chi connectivity index (χ2n) is 3.99. The van der Waals surface area contributed by atoms with Crippen LogP contribution < -0.4 is 5.73 Å². The predicted octanol–water partition coefficient (Wildman–Crippen LogP) is 3.48. The van der Waals surface area contributed by atoms with Crippen molar-refractivity contribution >= 4 is 0 Å². The fraction of sp³-hybridized carbons (Fsp3) is 0.143. The zero-order valence-corrected chi connectivity index (χ0v) is 9.54. The molecule has 0 radical (unpaired) electrons. The van der Waals surface area contributed by atoms with Crippen molar-refractivity contribution in [3.05, 3.63) is 70.8 Å². The Kier molecular flexibility index (Phi) is 3.67. The first-order valence-electron chi connectivity index (χ1n) is 5.47. The predicted molar refractivity (Wildman–Crippen MR) is 63.6 cm³/mol. The summed E-state index contributed by atoms with van der Waals surface area (Å²) in [7, 11) is 0. The molecule has 2 N–H and O–H groups in total. The number of hydrogen-bond acceptors (Lipinski definition) is 1. The maximum Gasteiger partial charge on any atom is 0.131 e. The number of benzene rings is 2. The van der Waals surface area contributed by atoms with E-state index in [2.05, 4.69) is 0 Å². The molecule has 2 aromatic carbocycles. The van der Waals surface area contributed by atoms with Crippen LogP contribution in [0.3, 0.4) is 0 Å². The number of nitrogens with two attached hydrogens (primary N) is 1. The van der Waals surface area contributed by atoms with Crippen molar-refractivity contribution in [2.24, 2.45) is 5.73 Å². The van der Waals surface area contributed by atoms with Crippen LogP contribution in [-0.4, -0.2) is 0 Å². The Balaban J connectivity index is 2.38. The highest BCUT2D eigenvalue weighted by Crippen LogP contribution is 2.25. The van der Waals surface area contributed by atoms with Crippen LogP contribution in [0.5, 0.6) is 0 Å². The van der Waals surface area contributed by atoms with Gasteiger partial charge >= 0.3 is 0 Å². The lowest BCUT2D eigenvalue weighted by atomic mass is 9.98. The van der Waals surface area contributed by atoms with E-state index in [0.717, 1.165) is 12.1 Å². The van der Waals surface area contributed by atoms with Crippen molar-refractivity contribution in [3.63, 3.8) is 0 Å². The van der Waals surface area contributed by atoms with E-state index in [1.54, 1.807) is 24.3 Å². The van der Waals surface area contributed by atoms with Crippen molar-refractivity contribution in [3.8, 4) is 0 Å². The normalized spacial score (nSPS) is 12.4. The van der Waals surface area contributed by atoms with Gasteiger partial charge in [0.1, 0.15) is 18.3 Å². The summed E-state index contributed by atoms with van der Waals surface area (Å²) >= 11 is 0. The maximum atomic E-state index is 13.6. The molecule has 1 atom stereocenters. The first kappa shape index (κ1) is 12.6. The van der Waals surface area contributed by atoms with Gasteiger partial charge in [-0.05, 0) is 23.3 Å². The monoisotopic (exact) mass is 251 g/mol. The van der Waals surface area contributed by atoms with Crippen LogP contribution >= 0.6 is 0 Å². The molecule has 1 nitrogen and oxygen atoms in total. The fourth-order valence-electron chi connectivity index (χ4n) is 1.79. The molecule has 2 aromatic rings. The summed E-state index contributed by atoms with van der Waals surface area (Å²) in [6.07, 6.45) is 0. The van der Waals surface area contributed by atoms with Crippen LogP contribution in [0, 0.1) is 11.6 Å². The SMILES string of the molecule is N[C@@H](c1ccc(CF)cc1)c1c(F)cccc1F. The van der Waals surface area contributed by atoms with Crippen LogP contribution in [0.4, 0.5) is 13.2 Å². The molecule has 0 aliphatic carbocycles. The Morgan fingerprint density at radius 3 is 2.00 bits per heavy atom. The lowest BCUT2D eigenvalue weighted by Gasteiger charge is -2.14. The first-order chi connectivity index (χ1) is 8.63. The van der Waals surface area contributed by atoms with E-state index in [1.165, 1.54) is 6.07 Å². The number of hydrogen-bond donors (Lipinski definition) is 1. The van der Waals surface area contributed by atoms with Gasteiger partial charge in [-0.3, -0.25) is 0 Å². The van der Waals surface area contributed by atoms with Gasteiger partial charge in [0, 0.05) is 5.56 Å². The summed E-state index contributed by atoms with van der Waals surface area (Å²) in [6, 6.07) is 8.95. The molecule has 0 bridgehead atoms. The fourth-order valence-corrected chi connectivity index (χ4v) is 1.79. The molecule has 0 aliphatic rings. The van der Waals surface area contributed by atoms with E-state index in [0.29, 0.717) is 11.1 Å². The quantitative estimate of drug-likeness (QED) is 0.888. The van der Waals surface area contributed by atoms with Gasteiger partial charge in [0.2, 0.25) is 0 Å². The zero-order chi connectivity index (χ0) is 13.1. The number of rotatable bonds is 3. The van der Waals surface area contributed by atoms with Crippen LogP contribution in [0.2, 0.25) is 0 Å². The topological polar surface area (TPSA) is 26.0 Å². The Bertz CT molecular complexity index is 517. The molecule has 0 aromatic heterocycles. The molecule has 0 saturated carbocycles. The Hall–Kier alpha value is -1.81. The lowest BCUT2D eigenvalue weighted by molar-refractivity contribution is 0.485. The van der Waals surface area contributed by atoms with Crippen LogP contribution in [-0.2, 0) is 6.67 Å². The average Bonchev–Trinajstić information content (AvgIpc) is 2.38. The third-order valence-corrected chi connectivity index (χ3v) is 2.80. The average molecular weight is 251 g/mol. The molecule has 0 amide bonds. The summed E-state index contributed by atoms with van der Waals surface area (Å²) in [6.45, 7) is -0.580. The third kappa shape index (κ3) is 2.38. The van der Waals surface area contributed by atoms with Gasteiger partial charge in [-0.2, -0.15) is 0 Å². The summed E-state index contributed by atoms with van der Waals surface area (Å²) < 4.78 is 39.5. The lowest BCUT2D eigenvalue weighted by Crippen LogP contribution is -2.15. The minimum atomic E-state index is -0.903. The molecular weight excluding hydrogens is 239 g/mol. The van der Waals surface area contributed by atoms with E-state index in [4.69, 9.17) is 5.73 Å². The van der Waals surface area contributed by atoms with E-state index in [1.807, 2.05) is 0 Å². The van der Waals surface area contributed by atoms with Crippen LogP contribution in [0.1, 0.15) is 22.7 Å². The Labute approximate surface area is 103 Å². The highest BCUT2D eigenvalue weighted by Gasteiger charge is 2.17. The number of alkyl halides is 1. The standard InChI is InChI=1S/C14H12F3N/c15-8-9-4-6-10(7-5-9)14(18)13-11(16)2-1-3-12(13)17/h1-7,14H,8,18H2/t14-/m0/s1. The minimum Gasteiger partial charge on any atom is -0.320 e. The highest BCUT2D eigenvalue weighted by atomic mass is 19.1. The molecule has 0 saturated heterocycles. The molecule has 0 spiro atoms. The largest absolute Gasteiger partial charge is 0.320 e. The van der Waals surface area contributed by atoms with Crippen molar-refractivity contribution in [1.82, 2.24) is 0 Å². The first-order valence-corrected chi connectivity index (χ1v) is 5.47. The summed E-state index contributed by atoms with van der Waals surface area (Å²) in [5.41, 5.74) is 6.70. The van der Waals surface area contributed by atoms with Gasteiger partial charge in [-0.15, -0.1) is 0 Å². The second-order valence-corrected chi connectivity index (χ2v) is 3.99. The highest BCUT2D eigenvalue weighted by molar-refractivity contribution is 5.34. The molecule has 0 aliphatic heterocycles. The molecule has 0 fully saturated rings. The van der Waals surface area contributed by atoms with Crippen molar-refractivity contribution in [1.29, 1.82) is 0 Å². The van der Waals surface area contributed by atoms with Gasteiger partial charge in [0.25, 0.3) is 0 Å². The van der Waals surface area contributed by atoms with Gasteiger partial charge in [-0.1, -0.05) is 30.3 Å². The minimum absolute atomic E-state index is 0.175. The molecule has 0 heterocycles. The van der Waals surface area contributed by atoms with E-state index in [9.17, 15) is 13.2 Å². The second kappa shape index (κ2) is 5.23. The van der Waals surface area contributed by atoms with Gasteiger partial charge in [0.05, 0.1) is 6.04 Å². The summed E-state index contributed by atoms with van der Waals surface area (Å²) in [5.74, 6) is -1.37.